The first kappa shape index (κ1) is 9.60. The Morgan fingerprint density at radius 1 is 1.46 bits per heavy atom. The van der Waals surface area contributed by atoms with Crippen molar-refractivity contribution in [3.8, 4) is 11.8 Å². The van der Waals surface area contributed by atoms with E-state index in [9.17, 15) is 5.11 Å². The molecule has 0 bridgehead atoms. The fourth-order valence-electron chi connectivity index (χ4n) is 1.21. The van der Waals surface area contributed by atoms with E-state index < -0.39 is 0 Å². The Bertz CT molecular complexity index is 325. The molecule has 0 saturated carbocycles. The van der Waals surface area contributed by atoms with E-state index in [1.165, 1.54) is 0 Å². The summed E-state index contributed by atoms with van der Waals surface area (Å²) in [6.45, 7) is 2.13. The van der Waals surface area contributed by atoms with Crippen LogP contribution in [-0.4, -0.2) is 5.11 Å². The minimum Gasteiger partial charge on any atom is -0.507 e. The van der Waals surface area contributed by atoms with E-state index >= 15 is 0 Å². The van der Waals surface area contributed by atoms with Crippen molar-refractivity contribution in [1.29, 1.82) is 5.26 Å². The highest BCUT2D eigenvalue weighted by Gasteiger charge is 2.00. The van der Waals surface area contributed by atoms with Gasteiger partial charge in [0.2, 0.25) is 0 Å². The molecule has 1 aromatic carbocycles. The van der Waals surface area contributed by atoms with Gasteiger partial charge in [-0.05, 0) is 30.5 Å². The number of aromatic hydroxyl groups is 1. The van der Waals surface area contributed by atoms with Crippen molar-refractivity contribution in [3.05, 3.63) is 29.3 Å². The number of unbranched alkanes of at least 4 members (excludes halogenated alkanes) is 1. The van der Waals surface area contributed by atoms with E-state index in [0.29, 0.717) is 5.56 Å². The Balaban J connectivity index is 2.82. The second kappa shape index (κ2) is 4.51. The first-order valence-electron chi connectivity index (χ1n) is 4.50. The number of rotatable bonds is 3. The summed E-state index contributed by atoms with van der Waals surface area (Å²) in [5, 5.41) is 17.9. The normalized spacial score (nSPS) is 9.54. The molecule has 0 spiro atoms. The van der Waals surface area contributed by atoms with Crippen LogP contribution in [0.4, 0.5) is 0 Å². The molecule has 0 amide bonds. The van der Waals surface area contributed by atoms with Gasteiger partial charge in [0.25, 0.3) is 0 Å². The molecule has 0 aliphatic carbocycles. The van der Waals surface area contributed by atoms with Gasteiger partial charge in [0.1, 0.15) is 11.8 Å². The van der Waals surface area contributed by atoms with Crippen LogP contribution >= 0.6 is 0 Å². The monoisotopic (exact) mass is 175 g/mol. The fourth-order valence-corrected chi connectivity index (χ4v) is 1.21. The molecule has 0 heterocycles. The topological polar surface area (TPSA) is 44.0 Å². The molecular formula is C11H13NO. The fraction of sp³-hybridized carbons (Fsp3) is 0.364. The lowest BCUT2D eigenvalue weighted by atomic mass is 10.1. The molecule has 1 rings (SSSR count). The van der Waals surface area contributed by atoms with Gasteiger partial charge >= 0.3 is 0 Å². The van der Waals surface area contributed by atoms with Crippen LogP contribution in [0.2, 0.25) is 0 Å². The van der Waals surface area contributed by atoms with Crippen molar-refractivity contribution in [2.24, 2.45) is 0 Å². The quantitative estimate of drug-likeness (QED) is 0.767. The molecular weight excluding hydrogens is 162 g/mol. The Labute approximate surface area is 78.4 Å². The molecule has 2 nitrogen and oxygen atoms in total. The number of benzene rings is 1. The average molecular weight is 175 g/mol. The first-order chi connectivity index (χ1) is 6.27. The van der Waals surface area contributed by atoms with Gasteiger partial charge in [-0.15, -0.1) is 0 Å². The van der Waals surface area contributed by atoms with Crippen molar-refractivity contribution in [1.82, 2.24) is 0 Å². The van der Waals surface area contributed by atoms with Crippen LogP contribution in [0.5, 0.6) is 5.75 Å². The standard InChI is InChI=1S/C11H13NO/c1-2-3-4-9-5-6-11(13)10(7-9)8-12/h5-7,13H,2-4H2,1H3. The molecule has 1 N–H and O–H groups in total. The second-order valence-corrected chi connectivity index (χ2v) is 3.07. The first-order valence-corrected chi connectivity index (χ1v) is 4.50. The van der Waals surface area contributed by atoms with Crippen LogP contribution in [0, 0.1) is 11.3 Å². The number of nitrogens with zero attached hydrogens (tertiary/aromatic N) is 1. The number of aryl methyl sites for hydroxylation is 1. The zero-order chi connectivity index (χ0) is 9.68. The maximum Gasteiger partial charge on any atom is 0.133 e. The zero-order valence-electron chi connectivity index (χ0n) is 7.75. The van der Waals surface area contributed by atoms with Crippen LogP contribution in [0.1, 0.15) is 30.9 Å². The van der Waals surface area contributed by atoms with Crippen LogP contribution < -0.4 is 0 Å². The minimum atomic E-state index is 0.0720. The summed E-state index contributed by atoms with van der Waals surface area (Å²) in [5.74, 6) is 0.0720. The van der Waals surface area contributed by atoms with Crippen molar-refractivity contribution in [2.45, 2.75) is 26.2 Å². The van der Waals surface area contributed by atoms with Crippen molar-refractivity contribution >= 4 is 0 Å². The molecule has 68 valence electrons. The Morgan fingerprint density at radius 3 is 2.85 bits per heavy atom. The summed E-state index contributed by atoms with van der Waals surface area (Å²) >= 11 is 0. The summed E-state index contributed by atoms with van der Waals surface area (Å²) in [4.78, 5) is 0. The lowest BCUT2D eigenvalue weighted by molar-refractivity contribution is 0.473. The molecule has 0 aromatic heterocycles. The van der Waals surface area contributed by atoms with Crippen molar-refractivity contribution in [3.63, 3.8) is 0 Å². The summed E-state index contributed by atoms with van der Waals surface area (Å²) < 4.78 is 0. The molecule has 13 heavy (non-hydrogen) atoms. The largest absolute Gasteiger partial charge is 0.507 e. The third-order valence-electron chi connectivity index (χ3n) is 2.00. The van der Waals surface area contributed by atoms with Crippen LogP contribution in [0.15, 0.2) is 18.2 Å². The van der Waals surface area contributed by atoms with Gasteiger partial charge in [0.15, 0.2) is 0 Å². The van der Waals surface area contributed by atoms with Gasteiger partial charge in [-0.1, -0.05) is 19.4 Å². The number of phenols is 1. The SMILES string of the molecule is CCCCc1ccc(O)c(C#N)c1. The van der Waals surface area contributed by atoms with Crippen LogP contribution in [0.25, 0.3) is 0 Å². The third kappa shape index (κ3) is 2.48. The molecule has 0 atom stereocenters. The Hall–Kier alpha value is -1.49. The molecule has 0 fully saturated rings. The maximum absolute atomic E-state index is 9.24. The van der Waals surface area contributed by atoms with E-state index in [-0.39, 0.29) is 5.75 Å². The van der Waals surface area contributed by atoms with E-state index in [1.807, 2.05) is 12.1 Å². The lowest BCUT2D eigenvalue weighted by Crippen LogP contribution is -1.86. The second-order valence-electron chi connectivity index (χ2n) is 3.07. The smallest absolute Gasteiger partial charge is 0.133 e. The summed E-state index contributed by atoms with van der Waals surface area (Å²) in [5.41, 5.74) is 1.49. The van der Waals surface area contributed by atoms with E-state index in [4.69, 9.17) is 5.26 Å². The van der Waals surface area contributed by atoms with Gasteiger partial charge in [-0.2, -0.15) is 5.26 Å². The number of hydrogen-bond acceptors (Lipinski definition) is 2. The highest BCUT2D eigenvalue weighted by molar-refractivity contribution is 5.44. The summed E-state index contributed by atoms with van der Waals surface area (Å²) in [6, 6.07) is 7.17. The molecule has 0 aliphatic rings. The average Bonchev–Trinajstić information content (AvgIpc) is 2.16. The van der Waals surface area contributed by atoms with Crippen LogP contribution in [0.3, 0.4) is 0 Å². The molecule has 1 aromatic rings. The highest BCUT2D eigenvalue weighted by Crippen LogP contribution is 2.18. The summed E-state index contributed by atoms with van der Waals surface area (Å²) in [6.07, 6.45) is 3.24. The van der Waals surface area contributed by atoms with E-state index in [0.717, 1.165) is 24.8 Å². The maximum atomic E-state index is 9.24. The van der Waals surface area contributed by atoms with Gasteiger partial charge in [0, 0.05) is 0 Å². The van der Waals surface area contributed by atoms with Crippen LogP contribution in [-0.2, 0) is 6.42 Å². The molecule has 0 saturated heterocycles. The Morgan fingerprint density at radius 2 is 2.23 bits per heavy atom. The third-order valence-corrected chi connectivity index (χ3v) is 2.00. The molecule has 0 unspecified atom stereocenters. The van der Waals surface area contributed by atoms with E-state index in [2.05, 4.69) is 6.92 Å². The Kier molecular flexibility index (Phi) is 3.33. The highest BCUT2D eigenvalue weighted by atomic mass is 16.3. The van der Waals surface area contributed by atoms with Gasteiger partial charge in [0.05, 0.1) is 5.56 Å². The predicted octanol–water partition coefficient (Wildman–Crippen LogP) is 2.61. The zero-order valence-corrected chi connectivity index (χ0v) is 7.75. The van der Waals surface area contributed by atoms with Crippen molar-refractivity contribution < 1.29 is 5.11 Å². The van der Waals surface area contributed by atoms with Gasteiger partial charge in [-0.3, -0.25) is 0 Å². The molecule has 0 radical (unpaired) electrons. The number of nitriles is 1. The molecule has 0 aliphatic heterocycles. The van der Waals surface area contributed by atoms with Gasteiger partial charge < -0.3 is 5.11 Å². The molecule has 2 heteroatoms. The number of phenolic OH excluding ortho intramolecular Hbond substituents is 1. The van der Waals surface area contributed by atoms with Gasteiger partial charge in [-0.25, -0.2) is 0 Å². The van der Waals surface area contributed by atoms with E-state index in [1.54, 1.807) is 12.1 Å². The van der Waals surface area contributed by atoms with Crippen molar-refractivity contribution in [2.75, 3.05) is 0 Å². The lowest BCUT2D eigenvalue weighted by Gasteiger charge is -2.01. The summed E-state index contributed by atoms with van der Waals surface area (Å²) in [7, 11) is 0. The minimum absolute atomic E-state index is 0.0720. The predicted molar refractivity (Wildman–Crippen MR) is 51.4 cm³/mol. The number of hydrogen-bond donors (Lipinski definition) is 1.